The zero-order chi connectivity index (χ0) is 14.6. The van der Waals surface area contributed by atoms with Crippen LogP contribution in [-0.2, 0) is 4.74 Å². The molecule has 0 amide bonds. The molecule has 4 nitrogen and oxygen atoms in total. The topological polar surface area (TPSA) is 39.7 Å². The van der Waals surface area contributed by atoms with Gasteiger partial charge in [-0.05, 0) is 50.1 Å². The molecule has 0 fully saturated rings. The van der Waals surface area contributed by atoms with Crippen molar-refractivity contribution in [3.05, 3.63) is 24.3 Å². The molecule has 0 saturated carbocycles. The smallest absolute Gasteiger partial charge is 0.119 e. The molecule has 0 aromatic heterocycles. The van der Waals surface area contributed by atoms with Gasteiger partial charge in [-0.15, -0.1) is 0 Å². The van der Waals surface area contributed by atoms with E-state index in [1.807, 2.05) is 24.3 Å². The number of methoxy groups -OCH3 is 2. The molecule has 4 heteroatoms. The lowest BCUT2D eigenvalue weighted by molar-refractivity contribution is 0.158. The van der Waals surface area contributed by atoms with Crippen molar-refractivity contribution in [1.82, 2.24) is 5.32 Å². The second-order valence-electron chi connectivity index (χ2n) is 4.77. The van der Waals surface area contributed by atoms with Gasteiger partial charge >= 0.3 is 0 Å². The maximum atomic E-state index is 5.71. The van der Waals surface area contributed by atoms with Crippen LogP contribution in [0.5, 0.6) is 11.5 Å². The van der Waals surface area contributed by atoms with E-state index in [2.05, 4.69) is 12.2 Å². The number of nitrogens with one attached hydrogen (secondary N) is 1. The van der Waals surface area contributed by atoms with Crippen LogP contribution in [0.3, 0.4) is 0 Å². The Kier molecular flexibility index (Phi) is 8.83. The van der Waals surface area contributed by atoms with Crippen LogP contribution in [0.4, 0.5) is 0 Å². The third kappa shape index (κ3) is 6.78. The second kappa shape index (κ2) is 10.5. The molecule has 0 spiro atoms. The van der Waals surface area contributed by atoms with Crippen LogP contribution in [0.25, 0.3) is 0 Å². The fraction of sp³-hybridized carbons (Fsp3) is 0.625. The Morgan fingerprint density at radius 2 is 1.80 bits per heavy atom. The van der Waals surface area contributed by atoms with E-state index in [1.165, 1.54) is 0 Å². The summed E-state index contributed by atoms with van der Waals surface area (Å²) in [6, 6.07) is 8.10. The summed E-state index contributed by atoms with van der Waals surface area (Å²) < 4.78 is 16.1. The van der Waals surface area contributed by atoms with Crippen molar-refractivity contribution in [2.45, 2.75) is 32.2 Å². The second-order valence-corrected chi connectivity index (χ2v) is 4.77. The van der Waals surface area contributed by atoms with E-state index in [1.54, 1.807) is 14.2 Å². The molecule has 0 heterocycles. The lowest BCUT2D eigenvalue weighted by Gasteiger charge is -2.17. The first kappa shape index (κ1) is 16.8. The Labute approximate surface area is 122 Å². The van der Waals surface area contributed by atoms with Gasteiger partial charge in [0.05, 0.1) is 20.3 Å². The van der Waals surface area contributed by atoms with Gasteiger partial charge in [0.1, 0.15) is 11.5 Å². The molecule has 1 atom stereocenters. The lowest BCUT2D eigenvalue weighted by Crippen LogP contribution is -2.34. The average molecular weight is 281 g/mol. The molecule has 0 aliphatic carbocycles. The summed E-state index contributed by atoms with van der Waals surface area (Å²) in [4.78, 5) is 0. The number of hydrogen-bond donors (Lipinski definition) is 1. The molecule has 20 heavy (non-hydrogen) atoms. The Hall–Kier alpha value is -1.26. The molecule has 1 aromatic rings. The summed E-state index contributed by atoms with van der Waals surface area (Å²) in [7, 11) is 3.41. The third-order valence-electron chi connectivity index (χ3n) is 3.08. The maximum absolute atomic E-state index is 5.71. The van der Waals surface area contributed by atoms with Crippen molar-refractivity contribution < 1.29 is 14.2 Å². The number of hydrogen-bond acceptors (Lipinski definition) is 4. The highest BCUT2D eigenvalue weighted by Gasteiger charge is 2.06. The van der Waals surface area contributed by atoms with Crippen molar-refractivity contribution in [2.24, 2.45) is 0 Å². The van der Waals surface area contributed by atoms with Gasteiger partial charge in [0, 0.05) is 13.2 Å². The third-order valence-corrected chi connectivity index (χ3v) is 3.08. The highest BCUT2D eigenvalue weighted by atomic mass is 16.5. The molecule has 1 N–H and O–H groups in total. The number of ether oxygens (including phenoxy) is 3. The van der Waals surface area contributed by atoms with Crippen molar-refractivity contribution in [2.75, 3.05) is 34.0 Å². The van der Waals surface area contributed by atoms with Crippen molar-refractivity contribution >= 4 is 0 Å². The predicted octanol–water partition coefficient (Wildman–Crippen LogP) is 2.87. The summed E-state index contributed by atoms with van der Waals surface area (Å²) >= 11 is 0. The van der Waals surface area contributed by atoms with Gasteiger partial charge in [-0.3, -0.25) is 0 Å². The highest BCUT2D eigenvalue weighted by Crippen LogP contribution is 2.17. The average Bonchev–Trinajstić information content (AvgIpc) is 2.49. The first-order valence-corrected chi connectivity index (χ1v) is 7.29. The molecule has 1 unspecified atom stereocenters. The maximum Gasteiger partial charge on any atom is 0.119 e. The van der Waals surface area contributed by atoms with Crippen LogP contribution in [0.2, 0.25) is 0 Å². The predicted molar refractivity (Wildman–Crippen MR) is 81.7 cm³/mol. The van der Waals surface area contributed by atoms with Gasteiger partial charge < -0.3 is 19.5 Å². The molecular formula is C16H27NO3. The highest BCUT2D eigenvalue weighted by molar-refractivity contribution is 5.31. The van der Waals surface area contributed by atoms with Crippen LogP contribution in [0.15, 0.2) is 24.3 Å². The summed E-state index contributed by atoms with van der Waals surface area (Å²) in [5.74, 6) is 1.73. The largest absolute Gasteiger partial charge is 0.497 e. The molecule has 1 aromatic carbocycles. The summed E-state index contributed by atoms with van der Waals surface area (Å²) in [5.41, 5.74) is 0. The molecule has 1 rings (SSSR count). The summed E-state index contributed by atoms with van der Waals surface area (Å²) in [6.07, 6.45) is 3.21. The van der Waals surface area contributed by atoms with E-state index in [0.29, 0.717) is 6.04 Å². The van der Waals surface area contributed by atoms with Crippen LogP contribution in [0, 0.1) is 0 Å². The Morgan fingerprint density at radius 1 is 1.10 bits per heavy atom. The summed E-state index contributed by atoms with van der Waals surface area (Å²) in [5, 5.41) is 3.49. The molecule has 0 radical (unpaired) electrons. The summed E-state index contributed by atoms with van der Waals surface area (Å²) in [6.45, 7) is 4.68. The van der Waals surface area contributed by atoms with E-state index in [9.17, 15) is 0 Å². The van der Waals surface area contributed by atoms with Gasteiger partial charge in [-0.1, -0.05) is 6.92 Å². The lowest BCUT2D eigenvalue weighted by atomic mass is 10.1. The monoisotopic (exact) mass is 281 g/mol. The van der Waals surface area contributed by atoms with Gasteiger partial charge in [0.2, 0.25) is 0 Å². The molecule has 114 valence electrons. The van der Waals surface area contributed by atoms with E-state index < -0.39 is 0 Å². The van der Waals surface area contributed by atoms with Crippen LogP contribution in [-0.4, -0.2) is 40.0 Å². The molecule has 0 saturated heterocycles. The molecule has 0 aliphatic rings. The zero-order valence-corrected chi connectivity index (χ0v) is 12.9. The minimum Gasteiger partial charge on any atom is -0.497 e. The molecular weight excluding hydrogens is 254 g/mol. The first-order valence-electron chi connectivity index (χ1n) is 7.29. The standard InChI is InChI=1S/C16H27NO3/c1-4-11-17-14(13-18-2)6-5-12-20-16-9-7-15(19-3)8-10-16/h7-10,14,17H,4-6,11-13H2,1-3H3. The van der Waals surface area contributed by atoms with Crippen LogP contribution in [0.1, 0.15) is 26.2 Å². The van der Waals surface area contributed by atoms with Crippen molar-refractivity contribution in [1.29, 1.82) is 0 Å². The molecule has 0 bridgehead atoms. The Balaban J connectivity index is 2.21. The van der Waals surface area contributed by atoms with Crippen LogP contribution >= 0.6 is 0 Å². The van der Waals surface area contributed by atoms with Gasteiger partial charge in [-0.2, -0.15) is 0 Å². The van der Waals surface area contributed by atoms with E-state index in [-0.39, 0.29) is 0 Å². The number of benzene rings is 1. The Bertz CT molecular complexity index is 340. The van der Waals surface area contributed by atoms with E-state index >= 15 is 0 Å². The first-order chi connectivity index (χ1) is 9.80. The fourth-order valence-corrected chi connectivity index (χ4v) is 1.99. The zero-order valence-electron chi connectivity index (χ0n) is 12.9. The minimum absolute atomic E-state index is 0.416. The van der Waals surface area contributed by atoms with E-state index in [0.717, 1.165) is 50.5 Å². The SMILES string of the molecule is CCCNC(CCCOc1ccc(OC)cc1)COC. The quantitative estimate of drug-likeness (QED) is 0.633. The fourth-order valence-electron chi connectivity index (χ4n) is 1.99. The van der Waals surface area contributed by atoms with Gasteiger partial charge in [0.15, 0.2) is 0 Å². The molecule has 0 aliphatic heterocycles. The number of rotatable bonds is 11. The van der Waals surface area contributed by atoms with Gasteiger partial charge in [0.25, 0.3) is 0 Å². The minimum atomic E-state index is 0.416. The van der Waals surface area contributed by atoms with Crippen LogP contribution < -0.4 is 14.8 Å². The van der Waals surface area contributed by atoms with Crippen molar-refractivity contribution in [3.8, 4) is 11.5 Å². The Morgan fingerprint density at radius 3 is 2.40 bits per heavy atom. The van der Waals surface area contributed by atoms with Gasteiger partial charge in [-0.25, -0.2) is 0 Å². The van der Waals surface area contributed by atoms with Crippen molar-refractivity contribution in [3.63, 3.8) is 0 Å². The normalized spacial score (nSPS) is 12.2. The van der Waals surface area contributed by atoms with E-state index in [4.69, 9.17) is 14.2 Å².